The van der Waals surface area contributed by atoms with Crippen LogP contribution >= 0.6 is 0 Å². The zero-order valence-corrected chi connectivity index (χ0v) is 33.8. The lowest BCUT2D eigenvalue weighted by molar-refractivity contribution is -0.148. The minimum Gasteiger partial charge on any atom is -0.467 e. The Hall–Kier alpha value is -5.06. The number of nitrogens with one attached hydrogen (secondary N) is 5. The molecule has 0 aliphatic carbocycles. The molecule has 312 valence electrons. The van der Waals surface area contributed by atoms with Crippen LogP contribution in [-0.2, 0) is 49.5 Å². The molecular weight excluding hydrogens is 726 g/mol. The Balaban J connectivity index is 2.37. The molecule has 8 N–H and O–H groups in total. The summed E-state index contributed by atoms with van der Waals surface area (Å²) in [6.07, 6.45) is -1.21. The molecule has 0 radical (unpaired) electrons. The standard InChI is InChI=1S/C39H61N7O10/c1-9-23(6)32(37(53)44-31(22(4)5)39(55)56-8)45-36(52)29-16-13-17-46(29)38(54)33(49)26(19-25-14-11-10-12-15-25)42-35(51)28(20-30(40)48)43-34(50)27(18-21(2)3)41-24(7)47/h10-12,14-15,21-23,26-29,31-33,49H,9,13,16-20H2,1-8H3,(H2,40,48)(H,41,47)(H,42,51)(H,43,50)(H,44,53)(H,45,52)/t23-,26-,27-,28-,29-,31-,32-,33-/m0/s1. The highest BCUT2D eigenvalue weighted by molar-refractivity contribution is 5.96. The maximum Gasteiger partial charge on any atom is 0.328 e. The lowest BCUT2D eigenvalue weighted by Crippen LogP contribution is -2.61. The number of nitrogens with zero attached hydrogens (tertiary/aromatic N) is 1. The number of rotatable bonds is 21. The molecule has 8 atom stereocenters. The van der Waals surface area contributed by atoms with Gasteiger partial charge in [0, 0.05) is 13.5 Å². The van der Waals surface area contributed by atoms with Crippen LogP contribution < -0.4 is 32.3 Å². The van der Waals surface area contributed by atoms with E-state index in [0.29, 0.717) is 18.4 Å². The first-order chi connectivity index (χ1) is 26.3. The number of benzene rings is 1. The summed E-state index contributed by atoms with van der Waals surface area (Å²) in [5.74, 6) is -6.45. The molecule has 1 fully saturated rings. The summed E-state index contributed by atoms with van der Waals surface area (Å²) in [5, 5.41) is 24.7. The fraction of sp³-hybridized carbons (Fsp3) is 0.641. The minimum absolute atomic E-state index is 0.0178. The molecule has 1 heterocycles. The Morgan fingerprint density at radius 3 is 2.02 bits per heavy atom. The van der Waals surface area contributed by atoms with E-state index in [2.05, 4.69) is 26.6 Å². The van der Waals surface area contributed by atoms with Gasteiger partial charge in [0.2, 0.25) is 35.4 Å². The van der Waals surface area contributed by atoms with Crippen molar-refractivity contribution in [2.24, 2.45) is 23.5 Å². The van der Waals surface area contributed by atoms with Gasteiger partial charge >= 0.3 is 5.97 Å². The number of ether oxygens (including phenoxy) is 1. The predicted molar refractivity (Wildman–Crippen MR) is 206 cm³/mol. The molecular formula is C39H61N7O10. The van der Waals surface area contributed by atoms with Gasteiger partial charge < -0.3 is 47.1 Å². The van der Waals surface area contributed by atoms with Gasteiger partial charge in [0.05, 0.1) is 19.6 Å². The number of primary amides is 1. The van der Waals surface area contributed by atoms with Crippen molar-refractivity contribution in [3.63, 3.8) is 0 Å². The lowest BCUT2D eigenvalue weighted by Gasteiger charge is -2.33. The fourth-order valence-corrected chi connectivity index (χ4v) is 6.49. The third-order valence-electron chi connectivity index (χ3n) is 9.75. The first-order valence-corrected chi connectivity index (χ1v) is 19.2. The van der Waals surface area contributed by atoms with Crippen molar-refractivity contribution in [3.05, 3.63) is 35.9 Å². The van der Waals surface area contributed by atoms with E-state index in [1.165, 1.54) is 18.9 Å². The fourth-order valence-electron chi connectivity index (χ4n) is 6.49. The second-order valence-corrected chi connectivity index (χ2v) is 15.2. The SMILES string of the molecule is CC[C@H](C)[C@H](NC(=O)[C@@H]1CCCN1C(=O)[C@@H](O)[C@H](Cc1ccccc1)NC(=O)[C@H](CC(N)=O)NC(=O)[C@H](CC(C)C)NC(C)=O)C(=O)N[C@H](C(=O)OC)C(C)C. The zero-order chi connectivity index (χ0) is 42.3. The molecule has 1 aliphatic heterocycles. The van der Waals surface area contributed by atoms with Crippen molar-refractivity contribution in [2.75, 3.05) is 13.7 Å². The van der Waals surface area contributed by atoms with E-state index in [0.717, 1.165) is 0 Å². The molecule has 0 spiro atoms. The zero-order valence-electron chi connectivity index (χ0n) is 33.8. The molecule has 17 heteroatoms. The molecule has 2 rings (SSSR count). The summed E-state index contributed by atoms with van der Waals surface area (Å²) in [7, 11) is 1.21. The van der Waals surface area contributed by atoms with Crippen molar-refractivity contribution >= 4 is 47.3 Å². The molecule has 0 saturated carbocycles. The summed E-state index contributed by atoms with van der Waals surface area (Å²) in [4.78, 5) is 106. The van der Waals surface area contributed by atoms with Crippen molar-refractivity contribution in [1.82, 2.24) is 31.5 Å². The Morgan fingerprint density at radius 2 is 1.48 bits per heavy atom. The number of carbonyl (C=O) groups is 8. The molecule has 56 heavy (non-hydrogen) atoms. The number of esters is 1. The summed E-state index contributed by atoms with van der Waals surface area (Å²) in [6.45, 7) is 12.1. The maximum atomic E-state index is 14.1. The van der Waals surface area contributed by atoms with Gasteiger partial charge in [-0.25, -0.2) is 4.79 Å². The van der Waals surface area contributed by atoms with E-state index in [1.54, 1.807) is 51.1 Å². The summed E-state index contributed by atoms with van der Waals surface area (Å²) in [6, 6.07) is 1.74. The number of aliphatic hydroxyl groups excluding tert-OH is 1. The number of carbonyl (C=O) groups excluding carboxylic acids is 8. The Morgan fingerprint density at radius 1 is 0.857 bits per heavy atom. The van der Waals surface area contributed by atoms with Crippen LogP contribution in [0, 0.1) is 17.8 Å². The van der Waals surface area contributed by atoms with Crippen LogP contribution in [0.2, 0.25) is 0 Å². The van der Waals surface area contributed by atoms with E-state index in [1.807, 2.05) is 20.8 Å². The Bertz CT molecular complexity index is 1540. The van der Waals surface area contributed by atoms with E-state index in [4.69, 9.17) is 10.5 Å². The third-order valence-corrected chi connectivity index (χ3v) is 9.75. The van der Waals surface area contributed by atoms with E-state index in [-0.39, 0.29) is 43.6 Å². The van der Waals surface area contributed by atoms with Crippen LogP contribution in [0.1, 0.15) is 86.1 Å². The first-order valence-electron chi connectivity index (χ1n) is 19.2. The van der Waals surface area contributed by atoms with Crippen LogP contribution in [0.25, 0.3) is 0 Å². The van der Waals surface area contributed by atoms with Crippen molar-refractivity contribution in [2.45, 2.75) is 129 Å². The molecule has 0 unspecified atom stereocenters. The number of hydrogen-bond acceptors (Lipinski definition) is 10. The highest BCUT2D eigenvalue weighted by Crippen LogP contribution is 2.22. The van der Waals surface area contributed by atoms with E-state index < -0.39 is 96.1 Å². The van der Waals surface area contributed by atoms with Crippen LogP contribution in [0.15, 0.2) is 30.3 Å². The predicted octanol–water partition coefficient (Wildman–Crippen LogP) is -0.178. The van der Waals surface area contributed by atoms with Gasteiger partial charge in [0.15, 0.2) is 6.10 Å². The smallest absolute Gasteiger partial charge is 0.328 e. The number of amides is 7. The van der Waals surface area contributed by atoms with E-state index in [9.17, 15) is 43.5 Å². The molecule has 7 amide bonds. The van der Waals surface area contributed by atoms with E-state index >= 15 is 0 Å². The number of likely N-dealkylation sites (tertiary alicyclic amines) is 1. The van der Waals surface area contributed by atoms with Crippen molar-refractivity contribution in [1.29, 1.82) is 0 Å². The molecule has 0 aromatic heterocycles. The quantitative estimate of drug-likeness (QED) is 0.0810. The highest BCUT2D eigenvalue weighted by Gasteiger charge is 2.42. The average molecular weight is 788 g/mol. The first kappa shape index (κ1) is 47.1. The second-order valence-electron chi connectivity index (χ2n) is 15.2. The number of nitrogens with two attached hydrogens (primary N) is 1. The monoisotopic (exact) mass is 787 g/mol. The van der Waals surface area contributed by atoms with Crippen LogP contribution in [-0.4, -0.2) is 113 Å². The normalized spacial score (nSPS) is 17.7. The third kappa shape index (κ3) is 14.2. The number of hydrogen-bond donors (Lipinski definition) is 7. The van der Waals surface area contributed by atoms with Crippen LogP contribution in [0.5, 0.6) is 0 Å². The molecule has 1 aromatic carbocycles. The topological polar surface area (TPSA) is 255 Å². The molecule has 0 bridgehead atoms. The second kappa shape index (κ2) is 22.5. The maximum absolute atomic E-state index is 14.1. The molecule has 17 nitrogen and oxygen atoms in total. The lowest BCUT2D eigenvalue weighted by atomic mass is 9.96. The van der Waals surface area contributed by atoms with Gasteiger partial charge in [0.25, 0.3) is 5.91 Å². The van der Waals surface area contributed by atoms with Gasteiger partial charge in [-0.2, -0.15) is 0 Å². The Kier molecular flexibility index (Phi) is 18.9. The van der Waals surface area contributed by atoms with Crippen LogP contribution in [0.3, 0.4) is 0 Å². The molecule has 1 aliphatic rings. The van der Waals surface area contributed by atoms with Crippen LogP contribution in [0.4, 0.5) is 0 Å². The minimum atomic E-state index is -1.90. The summed E-state index contributed by atoms with van der Waals surface area (Å²) < 4.78 is 4.84. The van der Waals surface area contributed by atoms with Gasteiger partial charge in [-0.1, -0.05) is 78.3 Å². The van der Waals surface area contributed by atoms with Crippen molar-refractivity contribution < 1.29 is 48.2 Å². The summed E-state index contributed by atoms with van der Waals surface area (Å²) >= 11 is 0. The summed E-state index contributed by atoms with van der Waals surface area (Å²) in [5.41, 5.74) is 6.07. The van der Waals surface area contributed by atoms with Gasteiger partial charge in [-0.15, -0.1) is 0 Å². The highest BCUT2D eigenvalue weighted by atomic mass is 16.5. The van der Waals surface area contributed by atoms with Crippen molar-refractivity contribution in [3.8, 4) is 0 Å². The largest absolute Gasteiger partial charge is 0.467 e. The van der Waals surface area contributed by atoms with Gasteiger partial charge in [-0.3, -0.25) is 33.6 Å². The molecule has 1 saturated heterocycles. The average Bonchev–Trinajstić information content (AvgIpc) is 3.64. The Labute approximate surface area is 329 Å². The van der Waals surface area contributed by atoms with Gasteiger partial charge in [0.1, 0.15) is 30.2 Å². The molecule has 1 aromatic rings. The number of aliphatic hydroxyl groups is 1. The van der Waals surface area contributed by atoms with Gasteiger partial charge in [-0.05, 0) is 49.0 Å². The number of methoxy groups -OCH3 is 1.